The third kappa shape index (κ3) is 2.59. The lowest BCUT2D eigenvalue weighted by atomic mass is 9.69. The minimum atomic E-state index is 0.210. The van der Waals surface area contributed by atoms with Gasteiger partial charge in [0.2, 0.25) is 5.69 Å². The fraction of sp³-hybridized carbons (Fsp3) is 0.522. The largest absolute Gasteiger partial charge is 0.213 e. The number of pyridine rings is 1. The number of fused-ring (bicyclic) bond motifs is 3. The fourth-order valence-electron chi connectivity index (χ4n) is 4.85. The molecule has 0 N–H and O–H groups in total. The number of hydrogen-bond acceptors (Lipinski definition) is 0. The number of nitrogens with zero attached hydrogens (tertiary/aromatic N) is 1. The van der Waals surface area contributed by atoms with Crippen LogP contribution in [0, 0.1) is 0 Å². The van der Waals surface area contributed by atoms with E-state index in [-0.39, 0.29) is 5.54 Å². The van der Waals surface area contributed by atoms with Gasteiger partial charge in [-0.3, -0.25) is 0 Å². The maximum atomic E-state index is 2.61. The van der Waals surface area contributed by atoms with Crippen LogP contribution in [-0.4, -0.2) is 0 Å². The second kappa shape index (κ2) is 7.09. The van der Waals surface area contributed by atoms with Crippen LogP contribution in [0.5, 0.6) is 0 Å². The molecule has 2 aromatic rings. The van der Waals surface area contributed by atoms with Gasteiger partial charge in [0.1, 0.15) is 0 Å². The zero-order chi connectivity index (χ0) is 17.2. The molecule has 0 radical (unpaired) electrons. The molecule has 0 bridgehead atoms. The lowest BCUT2D eigenvalue weighted by molar-refractivity contribution is -0.762. The van der Waals surface area contributed by atoms with Crippen LogP contribution in [-0.2, 0) is 12.0 Å². The number of aromatic nitrogens is 1. The van der Waals surface area contributed by atoms with Gasteiger partial charge in [-0.25, -0.2) is 0 Å². The first-order chi connectivity index (χ1) is 11.7. The summed E-state index contributed by atoms with van der Waals surface area (Å²) in [5.74, 6) is 0.600. The Hall–Kier alpha value is -1.63. The number of rotatable bonds is 6. The molecular weight excluding hydrogens is 290 g/mol. The molecule has 1 aromatic carbocycles. The minimum absolute atomic E-state index is 0.210. The highest BCUT2D eigenvalue weighted by atomic mass is 15.1. The summed E-state index contributed by atoms with van der Waals surface area (Å²) in [4.78, 5) is 0. The van der Waals surface area contributed by atoms with Crippen LogP contribution in [0.25, 0.3) is 11.3 Å². The first kappa shape index (κ1) is 17.2. The fourth-order valence-corrected chi connectivity index (χ4v) is 4.85. The number of benzene rings is 1. The average Bonchev–Trinajstić information content (AvgIpc) is 2.65. The summed E-state index contributed by atoms with van der Waals surface area (Å²) in [5.41, 5.74) is 6.11. The smallest absolute Gasteiger partial charge is 0.192 e. The molecule has 0 spiro atoms. The maximum absolute atomic E-state index is 2.61. The lowest BCUT2D eigenvalue weighted by Crippen LogP contribution is -2.62. The molecule has 0 aliphatic carbocycles. The molecule has 0 fully saturated rings. The van der Waals surface area contributed by atoms with Crippen LogP contribution in [0.2, 0.25) is 0 Å². The SMILES string of the molecule is CCCCc1cc[n+]2c(c1)-c1ccccc1C(CC)C2(CC)CC. The van der Waals surface area contributed by atoms with Crippen LogP contribution in [0.4, 0.5) is 0 Å². The summed E-state index contributed by atoms with van der Waals surface area (Å²) in [6.07, 6.45) is 9.66. The highest BCUT2D eigenvalue weighted by Gasteiger charge is 2.50. The van der Waals surface area contributed by atoms with Crippen molar-refractivity contribution in [1.82, 2.24) is 0 Å². The van der Waals surface area contributed by atoms with Gasteiger partial charge in [0.25, 0.3) is 0 Å². The lowest BCUT2D eigenvalue weighted by Gasteiger charge is -2.39. The van der Waals surface area contributed by atoms with Crippen LogP contribution in [0.3, 0.4) is 0 Å². The molecule has 0 amide bonds. The van der Waals surface area contributed by atoms with Crippen LogP contribution in [0.1, 0.15) is 76.8 Å². The third-order valence-electron chi connectivity index (χ3n) is 6.21. The van der Waals surface area contributed by atoms with E-state index in [9.17, 15) is 0 Å². The summed E-state index contributed by atoms with van der Waals surface area (Å²) < 4.78 is 2.61. The van der Waals surface area contributed by atoms with Crippen molar-refractivity contribution in [3.05, 3.63) is 53.7 Å². The Bertz CT molecular complexity index is 697. The quantitative estimate of drug-likeness (QED) is 0.574. The Kier molecular flexibility index (Phi) is 5.08. The zero-order valence-electron chi connectivity index (χ0n) is 15.8. The van der Waals surface area contributed by atoms with E-state index in [2.05, 4.69) is 74.9 Å². The zero-order valence-corrected chi connectivity index (χ0v) is 15.8. The molecule has 1 heteroatoms. The Morgan fingerprint density at radius 1 is 1.00 bits per heavy atom. The van der Waals surface area contributed by atoms with Crippen LogP contribution < -0.4 is 4.57 Å². The summed E-state index contributed by atoms with van der Waals surface area (Å²) in [7, 11) is 0. The summed E-state index contributed by atoms with van der Waals surface area (Å²) in [6, 6.07) is 13.9. The number of hydrogen-bond donors (Lipinski definition) is 0. The monoisotopic (exact) mass is 322 g/mol. The van der Waals surface area contributed by atoms with Gasteiger partial charge in [0, 0.05) is 36.5 Å². The maximum Gasteiger partial charge on any atom is 0.213 e. The third-order valence-corrected chi connectivity index (χ3v) is 6.21. The van der Waals surface area contributed by atoms with Gasteiger partial charge < -0.3 is 0 Å². The molecule has 0 saturated heterocycles. The molecule has 1 atom stereocenters. The molecule has 1 nitrogen and oxygen atoms in total. The first-order valence-corrected chi connectivity index (χ1v) is 9.86. The highest BCUT2D eigenvalue weighted by Crippen LogP contribution is 2.46. The number of aryl methyl sites for hydroxylation is 1. The number of unbranched alkanes of at least 4 members (excludes halogenated alkanes) is 1. The predicted molar refractivity (Wildman–Crippen MR) is 102 cm³/mol. The van der Waals surface area contributed by atoms with E-state index in [1.807, 2.05) is 0 Å². The summed E-state index contributed by atoms with van der Waals surface area (Å²) in [5, 5.41) is 0. The van der Waals surface area contributed by atoms with Crippen molar-refractivity contribution < 1.29 is 4.57 Å². The summed E-state index contributed by atoms with van der Waals surface area (Å²) >= 11 is 0. The second-order valence-corrected chi connectivity index (χ2v) is 7.25. The molecule has 2 heterocycles. The molecule has 24 heavy (non-hydrogen) atoms. The Morgan fingerprint density at radius 2 is 1.75 bits per heavy atom. The van der Waals surface area contributed by atoms with Gasteiger partial charge in [-0.2, -0.15) is 4.57 Å². The molecule has 1 aliphatic rings. The standard InChI is InChI=1S/C23H32N/c1-5-9-12-18-15-16-24-22(17-18)20-14-11-10-13-19(20)21(6-2)23(24,7-3)8-4/h10-11,13-17,21H,5-9,12H2,1-4H3/q+1. The summed E-state index contributed by atoms with van der Waals surface area (Å²) in [6.45, 7) is 9.35. The van der Waals surface area contributed by atoms with Crippen molar-refractivity contribution >= 4 is 0 Å². The molecule has 0 saturated carbocycles. The van der Waals surface area contributed by atoms with Crippen molar-refractivity contribution in [2.75, 3.05) is 0 Å². The highest BCUT2D eigenvalue weighted by molar-refractivity contribution is 5.64. The average molecular weight is 323 g/mol. The van der Waals surface area contributed by atoms with Gasteiger partial charge in [0.15, 0.2) is 11.7 Å². The molecule has 3 rings (SSSR count). The van der Waals surface area contributed by atoms with Crippen molar-refractivity contribution in [3.8, 4) is 11.3 Å². The molecule has 1 aromatic heterocycles. The van der Waals surface area contributed by atoms with E-state index in [0.717, 1.165) is 0 Å². The molecule has 1 unspecified atom stereocenters. The second-order valence-electron chi connectivity index (χ2n) is 7.25. The van der Waals surface area contributed by atoms with Crippen LogP contribution >= 0.6 is 0 Å². The van der Waals surface area contributed by atoms with E-state index in [0.29, 0.717) is 5.92 Å². The van der Waals surface area contributed by atoms with Crippen molar-refractivity contribution in [1.29, 1.82) is 0 Å². The van der Waals surface area contributed by atoms with E-state index >= 15 is 0 Å². The van der Waals surface area contributed by atoms with Crippen molar-refractivity contribution in [2.24, 2.45) is 0 Å². The van der Waals surface area contributed by atoms with Gasteiger partial charge >= 0.3 is 0 Å². The Balaban J connectivity index is 2.22. The van der Waals surface area contributed by atoms with E-state index in [4.69, 9.17) is 0 Å². The van der Waals surface area contributed by atoms with Crippen molar-refractivity contribution in [3.63, 3.8) is 0 Å². The van der Waals surface area contributed by atoms with E-state index in [1.54, 1.807) is 5.56 Å². The van der Waals surface area contributed by atoms with E-state index in [1.165, 1.54) is 55.3 Å². The van der Waals surface area contributed by atoms with Gasteiger partial charge in [-0.1, -0.05) is 52.3 Å². The Labute approximate surface area is 147 Å². The first-order valence-electron chi connectivity index (χ1n) is 9.86. The van der Waals surface area contributed by atoms with Gasteiger partial charge in [-0.05, 0) is 36.5 Å². The Morgan fingerprint density at radius 3 is 2.42 bits per heavy atom. The normalized spacial score (nSPS) is 18.1. The van der Waals surface area contributed by atoms with Crippen molar-refractivity contribution in [2.45, 2.75) is 77.7 Å². The topological polar surface area (TPSA) is 3.88 Å². The van der Waals surface area contributed by atoms with Gasteiger partial charge in [-0.15, -0.1) is 0 Å². The minimum Gasteiger partial charge on any atom is -0.192 e. The molecule has 1 aliphatic heterocycles. The van der Waals surface area contributed by atoms with E-state index < -0.39 is 0 Å². The molecule has 128 valence electrons. The van der Waals surface area contributed by atoms with Gasteiger partial charge in [0.05, 0.1) is 0 Å². The van der Waals surface area contributed by atoms with Crippen LogP contribution in [0.15, 0.2) is 42.6 Å². The predicted octanol–water partition coefficient (Wildman–Crippen LogP) is 6.01. The molecular formula is C23H32N+.